The van der Waals surface area contributed by atoms with Crippen molar-refractivity contribution < 1.29 is 0 Å². The van der Waals surface area contributed by atoms with Crippen LogP contribution in [0.3, 0.4) is 0 Å². The summed E-state index contributed by atoms with van der Waals surface area (Å²) in [6.07, 6.45) is 0.819. The van der Waals surface area contributed by atoms with E-state index in [2.05, 4.69) is 16.7 Å². The number of hydrogen-bond acceptors (Lipinski definition) is 4. The van der Waals surface area contributed by atoms with Crippen molar-refractivity contribution in [2.75, 3.05) is 0 Å². The van der Waals surface area contributed by atoms with Gasteiger partial charge in [0.05, 0.1) is 12.2 Å². The molecule has 0 saturated carbocycles. The van der Waals surface area contributed by atoms with E-state index in [9.17, 15) is 9.59 Å². The normalized spacial score (nSPS) is 11.5. The molecule has 144 valence electrons. The van der Waals surface area contributed by atoms with Crippen LogP contribution in [0.2, 0.25) is 0 Å². The lowest BCUT2D eigenvalue weighted by atomic mass is 10.2. The van der Waals surface area contributed by atoms with E-state index in [4.69, 9.17) is 0 Å². The first-order valence-corrected chi connectivity index (χ1v) is 9.06. The minimum Gasteiger partial charge on any atom is -0.302 e. The lowest BCUT2D eigenvalue weighted by Crippen LogP contribution is -2.39. The molecule has 3 heterocycles. The molecular weight excluding hydrogens is 344 g/mol. The lowest BCUT2D eigenvalue weighted by Gasteiger charge is -2.10. The van der Waals surface area contributed by atoms with Gasteiger partial charge in [0.15, 0.2) is 11.2 Å². The standard InChI is InChI=1S/C19H26N6O2/c1-8-9-23-15-16(20-18(23)25-14(6)12(4)13(5)21-25)22(7)19(27)24(17(15)26)10-11(2)3/h2,8-10H2,1,3-7H3. The van der Waals surface area contributed by atoms with E-state index in [1.165, 1.54) is 9.13 Å². The zero-order chi connectivity index (χ0) is 20.0. The number of fused-ring (bicyclic) bond motifs is 1. The van der Waals surface area contributed by atoms with Crippen molar-refractivity contribution >= 4 is 11.2 Å². The average Bonchev–Trinajstić information content (AvgIpc) is 3.10. The number of aryl methyl sites for hydroxylation is 3. The number of hydrogen-bond donors (Lipinski definition) is 0. The number of aromatic nitrogens is 6. The minimum atomic E-state index is -0.396. The van der Waals surface area contributed by atoms with Crippen LogP contribution < -0.4 is 11.2 Å². The molecule has 0 aliphatic heterocycles. The van der Waals surface area contributed by atoms with Gasteiger partial charge in [0.2, 0.25) is 5.95 Å². The topological polar surface area (TPSA) is 79.6 Å². The van der Waals surface area contributed by atoms with Gasteiger partial charge in [-0.2, -0.15) is 10.1 Å². The number of nitrogens with zero attached hydrogens (tertiary/aromatic N) is 6. The zero-order valence-electron chi connectivity index (χ0n) is 16.8. The van der Waals surface area contributed by atoms with Gasteiger partial charge < -0.3 is 4.57 Å². The van der Waals surface area contributed by atoms with Crippen LogP contribution in [-0.2, 0) is 20.1 Å². The Balaban J connectivity index is 2.46. The second-order valence-electron chi connectivity index (χ2n) is 7.13. The van der Waals surface area contributed by atoms with Gasteiger partial charge in [0.25, 0.3) is 5.56 Å². The first kappa shape index (κ1) is 18.9. The second kappa shape index (κ2) is 6.68. The third kappa shape index (κ3) is 2.85. The van der Waals surface area contributed by atoms with Crippen molar-refractivity contribution in [3.63, 3.8) is 0 Å². The Kier molecular flexibility index (Phi) is 4.67. The van der Waals surface area contributed by atoms with Gasteiger partial charge in [-0.3, -0.25) is 13.9 Å². The summed E-state index contributed by atoms with van der Waals surface area (Å²) in [5.41, 5.74) is 3.75. The van der Waals surface area contributed by atoms with E-state index in [1.54, 1.807) is 18.7 Å². The van der Waals surface area contributed by atoms with Crippen molar-refractivity contribution in [1.29, 1.82) is 0 Å². The molecule has 8 nitrogen and oxygen atoms in total. The van der Waals surface area contributed by atoms with Crippen LogP contribution in [0.5, 0.6) is 0 Å². The Bertz CT molecular complexity index is 1170. The maximum Gasteiger partial charge on any atom is 0.332 e. The van der Waals surface area contributed by atoms with E-state index in [-0.39, 0.29) is 12.1 Å². The number of allylic oxidation sites excluding steroid dienone is 1. The molecule has 0 aromatic carbocycles. The summed E-state index contributed by atoms with van der Waals surface area (Å²) < 4.78 is 6.26. The Labute approximate surface area is 157 Å². The highest BCUT2D eigenvalue weighted by Crippen LogP contribution is 2.20. The molecule has 0 fully saturated rings. The van der Waals surface area contributed by atoms with Crippen LogP contribution in [0.25, 0.3) is 17.1 Å². The molecule has 0 unspecified atom stereocenters. The smallest absolute Gasteiger partial charge is 0.302 e. The molecule has 0 aliphatic rings. The monoisotopic (exact) mass is 370 g/mol. The Morgan fingerprint density at radius 2 is 1.81 bits per heavy atom. The third-order valence-electron chi connectivity index (χ3n) is 4.93. The fourth-order valence-corrected chi connectivity index (χ4v) is 3.28. The summed E-state index contributed by atoms with van der Waals surface area (Å²) in [6, 6.07) is 0. The molecule has 8 heteroatoms. The van der Waals surface area contributed by atoms with Crippen LogP contribution in [-0.4, -0.2) is 28.5 Å². The van der Waals surface area contributed by atoms with Gasteiger partial charge in [-0.1, -0.05) is 19.1 Å². The first-order chi connectivity index (χ1) is 12.7. The van der Waals surface area contributed by atoms with Crippen molar-refractivity contribution in [3.05, 3.63) is 49.9 Å². The molecule has 27 heavy (non-hydrogen) atoms. The molecule has 3 rings (SSSR count). The Morgan fingerprint density at radius 3 is 2.33 bits per heavy atom. The molecule has 0 spiro atoms. The maximum atomic E-state index is 13.2. The van der Waals surface area contributed by atoms with Crippen LogP contribution in [0.4, 0.5) is 0 Å². The predicted octanol–water partition coefficient (Wildman–Crippen LogP) is 1.99. The fourth-order valence-electron chi connectivity index (χ4n) is 3.28. The minimum absolute atomic E-state index is 0.188. The second-order valence-corrected chi connectivity index (χ2v) is 7.13. The zero-order valence-corrected chi connectivity index (χ0v) is 16.8. The Hall–Kier alpha value is -2.90. The number of imidazole rings is 1. The molecular formula is C19H26N6O2. The summed E-state index contributed by atoms with van der Waals surface area (Å²) in [6.45, 7) is 14.4. The van der Waals surface area contributed by atoms with E-state index >= 15 is 0 Å². The van der Waals surface area contributed by atoms with Crippen molar-refractivity contribution in [2.24, 2.45) is 7.05 Å². The average molecular weight is 370 g/mol. The molecule has 0 radical (unpaired) electrons. The molecule has 0 bridgehead atoms. The molecule has 0 saturated heterocycles. The molecule has 0 N–H and O–H groups in total. The summed E-state index contributed by atoms with van der Waals surface area (Å²) in [7, 11) is 1.64. The lowest BCUT2D eigenvalue weighted by molar-refractivity contribution is 0.628. The molecule has 3 aromatic heterocycles. The highest BCUT2D eigenvalue weighted by atomic mass is 16.2. The van der Waals surface area contributed by atoms with Crippen molar-refractivity contribution in [3.8, 4) is 5.95 Å². The first-order valence-electron chi connectivity index (χ1n) is 9.06. The molecule has 3 aromatic rings. The highest BCUT2D eigenvalue weighted by molar-refractivity contribution is 5.72. The van der Waals surface area contributed by atoms with Crippen LogP contribution >= 0.6 is 0 Å². The van der Waals surface area contributed by atoms with Gasteiger partial charge in [-0.25, -0.2) is 9.48 Å². The summed E-state index contributed by atoms with van der Waals surface area (Å²) >= 11 is 0. The van der Waals surface area contributed by atoms with Gasteiger partial charge in [-0.15, -0.1) is 0 Å². The predicted molar refractivity (Wildman–Crippen MR) is 106 cm³/mol. The highest BCUT2D eigenvalue weighted by Gasteiger charge is 2.22. The van der Waals surface area contributed by atoms with Crippen molar-refractivity contribution in [2.45, 2.75) is 54.1 Å². The fraction of sp³-hybridized carbons (Fsp3) is 0.474. The Morgan fingerprint density at radius 1 is 1.15 bits per heavy atom. The van der Waals surface area contributed by atoms with E-state index in [1.807, 2.05) is 32.3 Å². The summed E-state index contributed by atoms with van der Waals surface area (Å²) in [5.74, 6) is 0.556. The van der Waals surface area contributed by atoms with Crippen LogP contribution in [0.1, 0.15) is 37.2 Å². The van der Waals surface area contributed by atoms with Gasteiger partial charge in [0, 0.05) is 19.3 Å². The third-order valence-corrected chi connectivity index (χ3v) is 4.93. The summed E-state index contributed by atoms with van der Waals surface area (Å²) in [4.78, 5) is 30.5. The number of rotatable bonds is 5. The van der Waals surface area contributed by atoms with Gasteiger partial charge in [0.1, 0.15) is 0 Å². The van der Waals surface area contributed by atoms with Gasteiger partial charge in [-0.05, 0) is 39.7 Å². The van der Waals surface area contributed by atoms with E-state index < -0.39 is 5.69 Å². The molecule has 0 amide bonds. The van der Waals surface area contributed by atoms with E-state index in [0.717, 1.165) is 28.9 Å². The van der Waals surface area contributed by atoms with Crippen LogP contribution in [0.15, 0.2) is 21.7 Å². The largest absolute Gasteiger partial charge is 0.332 e. The van der Waals surface area contributed by atoms with E-state index in [0.29, 0.717) is 23.7 Å². The van der Waals surface area contributed by atoms with Crippen molar-refractivity contribution in [1.82, 2.24) is 28.5 Å². The van der Waals surface area contributed by atoms with Crippen LogP contribution in [0, 0.1) is 20.8 Å². The summed E-state index contributed by atoms with van der Waals surface area (Å²) in [5, 5.41) is 4.59. The quantitative estimate of drug-likeness (QED) is 0.644. The van der Waals surface area contributed by atoms with Gasteiger partial charge >= 0.3 is 5.69 Å². The molecule has 0 atom stereocenters. The maximum absolute atomic E-state index is 13.2. The molecule has 0 aliphatic carbocycles. The SMILES string of the molecule is C=C(C)Cn1c(=O)c2c(nc(-n3nc(C)c(C)c3C)n2CCC)n(C)c1=O.